The molecule has 1 amide bonds. The number of anilines is 2. The molecule has 0 atom stereocenters. The molecule has 142 valence electrons. The van der Waals surface area contributed by atoms with E-state index in [0.29, 0.717) is 17.1 Å². The van der Waals surface area contributed by atoms with Gasteiger partial charge in [0.1, 0.15) is 11.5 Å². The number of rotatable bonds is 7. The Morgan fingerprint density at radius 3 is 2.70 bits per heavy atom. The van der Waals surface area contributed by atoms with Crippen LogP contribution in [0.3, 0.4) is 0 Å². The summed E-state index contributed by atoms with van der Waals surface area (Å²) in [5.41, 5.74) is 1.29. The molecule has 1 aromatic carbocycles. The van der Waals surface area contributed by atoms with Gasteiger partial charge in [0.2, 0.25) is 0 Å². The molecule has 2 aromatic rings. The van der Waals surface area contributed by atoms with Crippen LogP contribution in [0.4, 0.5) is 11.5 Å². The van der Waals surface area contributed by atoms with Crippen molar-refractivity contribution in [3.05, 3.63) is 47.9 Å². The zero-order valence-corrected chi connectivity index (χ0v) is 15.3. The number of morpholine rings is 1. The lowest BCUT2D eigenvalue weighted by Gasteiger charge is -2.26. The summed E-state index contributed by atoms with van der Waals surface area (Å²) in [6, 6.07) is 6.78. The molecule has 0 spiro atoms. The minimum atomic E-state index is -0.372. The van der Waals surface area contributed by atoms with Gasteiger partial charge in [-0.2, -0.15) is 0 Å². The fourth-order valence-electron chi connectivity index (χ4n) is 2.71. The van der Waals surface area contributed by atoms with Crippen molar-refractivity contribution in [1.29, 1.82) is 0 Å². The molecule has 8 nitrogen and oxygen atoms in total. The average Bonchev–Trinajstić information content (AvgIpc) is 2.69. The fourth-order valence-corrected chi connectivity index (χ4v) is 2.71. The molecule has 2 heterocycles. The van der Waals surface area contributed by atoms with Crippen LogP contribution in [-0.4, -0.2) is 66.0 Å². The molecule has 0 saturated carbocycles. The van der Waals surface area contributed by atoms with Gasteiger partial charge in [-0.1, -0.05) is 12.1 Å². The third kappa shape index (κ3) is 5.57. The summed E-state index contributed by atoms with van der Waals surface area (Å²) in [5.74, 6) is 0.194. The third-order valence-corrected chi connectivity index (χ3v) is 4.25. The molecule has 0 unspecified atom stereocenters. The number of ketones is 1. The predicted octanol–water partition coefficient (Wildman–Crippen LogP) is 1.68. The molecule has 0 aliphatic carbocycles. The zero-order valence-electron chi connectivity index (χ0n) is 15.3. The van der Waals surface area contributed by atoms with Crippen molar-refractivity contribution in [2.45, 2.75) is 6.92 Å². The second-order valence-corrected chi connectivity index (χ2v) is 6.26. The minimum Gasteiger partial charge on any atom is -0.379 e. The van der Waals surface area contributed by atoms with Gasteiger partial charge in [-0.05, 0) is 19.1 Å². The number of carbonyl (C=O) groups is 2. The monoisotopic (exact) mass is 369 g/mol. The first kappa shape index (κ1) is 18.9. The van der Waals surface area contributed by atoms with E-state index in [0.717, 1.165) is 39.4 Å². The summed E-state index contributed by atoms with van der Waals surface area (Å²) in [4.78, 5) is 34.4. The first-order valence-corrected chi connectivity index (χ1v) is 8.90. The molecule has 27 heavy (non-hydrogen) atoms. The largest absolute Gasteiger partial charge is 0.379 e. The molecule has 1 fully saturated rings. The maximum atomic E-state index is 12.3. The van der Waals surface area contributed by atoms with E-state index < -0.39 is 0 Å². The molecule has 1 aliphatic rings. The van der Waals surface area contributed by atoms with Crippen LogP contribution in [0.5, 0.6) is 0 Å². The van der Waals surface area contributed by atoms with Gasteiger partial charge in [0.25, 0.3) is 5.91 Å². The van der Waals surface area contributed by atoms with E-state index in [1.165, 1.54) is 13.1 Å². The number of nitrogens with one attached hydrogen (secondary N) is 2. The second-order valence-electron chi connectivity index (χ2n) is 6.26. The van der Waals surface area contributed by atoms with Gasteiger partial charge in [-0.3, -0.25) is 14.5 Å². The summed E-state index contributed by atoms with van der Waals surface area (Å²) in [6.45, 7) is 6.57. The van der Waals surface area contributed by atoms with Gasteiger partial charge in [0.05, 0.1) is 25.6 Å². The van der Waals surface area contributed by atoms with Crippen molar-refractivity contribution in [2.75, 3.05) is 50.0 Å². The summed E-state index contributed by atoms with van der Waals surface area (Å²) >= 11 is 0. The predicted molar refractivity (Wildman–Crippen MR) is 102 cm³/mol. The van der Waals surface area contributed by atoms with Gasteiger partial charge in [-0.25, -0.2) is 9.97 Å². The Morgan fingerprint density at radius 2 is 2.00 bits per heavy atom. The molecular formula is C19H23N5O3. The molecule has 0 radical (unpaired) electrons. The van der Waals surface area contributed by atoms with Crippen LogP contribution < -0.4 is 10.6 Å². The van der Waals surface area contributed by atoms with E-state index in [9.17, 15) is 9.59 Å². The number of hydrogen-bond acceptors (Lipinski definition) is 7. The highest BCUT2D eigenvalue weighted by atomic mass is 16.5. The zero-order chi connectivity index (χ0) is 19.1. The highest BCUT2D eigenvalue weighted by Gasteiger charge is 2.11. The van der Waals surface area contributed by atoms with Crippen molar-refractivity contribution in [2.24, 2.45) is 0 Å². The maximum absolute atomic E-state index is 12.3. The van der Waals surface area contributed by atoms with E-state index in [1.54, 1.807) is 30.5 Å². The molecule has 2 N–H and O–H groups in total. The number of nitrogens with zero attached hydrogens (tertiary/aromatic N) is 3. The van der Waals surface area contributed by atoms with Gasteiger partial charge in [0, 0.05) is 37.4 Å². The normalized spacial score (nSPS) is 14.6. The van der Waals surface area contributed by atoms with Crippen molar-refractivity contribution in [3.8, 4) is 0 Å². The van der Waals surface area contributed by atoms with E-state index in [2.05, 4.69) is 25.5 Å². The van der Waals surface area contributed by atoms with E-state index in [4.69, 9.17) is 4.74 Å². The molecular weight excluding hydrogens is 346 g/mol. The Labute approximate surface area is 158 Å². The average molecular weight is 369 g/mol. The van der Waals surface area contributed by atoms with Crippen molar-refractivity contribution >= 4 is 23.2 Å². The number of ether oxygens (including phenoxy) is 1. The number of amides is 1. The molecule has 8 heteroatoms. The molecule has 0 bridgehead atoms. The molecule has 1 saturated heterocycles. The van der Waals surface area contributed by atoms with Crippen molar-refractivity contribution in [3.63, 3.8) is 0 Å². The lowest BCUT2D eigenvalue weighted by Crippen LogP contribution is -2.39. The van der Waals surface area contributed by atoms with Crippen LogP contribution in [0.1, 0.15) is 27.8 Å². The minimum absolute atomic E-state index is 0.0570. The first-order valence-electron chi connectivity index (χ1n) is 8.90. The van der Waals surface area contributed by atoms with Gasteiger partial charge in [-0.15, -0.1) is 0 Å². The number of carbonyl (C=O) groups excluding carboxylic acids is 2. The lowest BCUT2D eigenvalue weighted by atomic mass is 10.1. The van der Waals surface area contributed by atoms with Crippen LogP contribution in [0.15, 0.2) is 36.7 Å². The van der Waals surface area contributed by atoms with E-state index in [1.807, 2.05) is 0 Å². The number of aromatic nitrogens is 2. The third-order valence-electron chi connectivity index (χ3n) is 4.25. The van der Waals surface area contributed by atoms with Gasteiger partial charge in [0.15, 0.2) is 5.78 Å². The van der Waals surface area contributed by atoms with Crippen LogP contribution in [0.2, 0.25) is 0 Å². The number of hydrogen-bond donors (Lipinski definition) is 2. The quantitative estimate of drug-likeness (QED) is 0.717. The topological polar surface area (TPSA) is 96.5 Å². The van der Waals surface area contributed by atoms with Crippen LogP contribution in [0.25, 0.3) is 0 Å². The highest BCUT2D eigenvalue weighted by Crippen LogP contribution is 2.12. The summed E-state index contributed by atoms with van der Waals surface area (Å²) in [5, 5.41) is 5.93. The SMILES string of the molecule is CC(=O)c1cccc(NC(=O)c2cnc(NCCN3CCOCC3)cn2)c1. The Morgan fingerprint density at radius 1 is 1.19 bits per heavy atom. The summed E-state index contributed by atoms with van der Waals surface area (Å²) < 4.78 is 5.32. The fraction of sp³-hybridized carbons (Fsp3) is 0.368. The van der Waals surface area contributed by atoms with E-state index >= 15 is 0 Å². The Hall–Kier alpha value is -2.84. The highest BCUT2D eigenvalue weighted by molar-refractivity contribution is 6.03. The lowest BCUT2D eigenvalue weighted by molar-refractivity contribution is 0.0398. The van der Waals surface area contributed by atoms with E-state index in [-0.39, 0.29) is 17.4 Å². The molecule has 3 rings (SSSR count). The van der Waals surface area contributed by atoms with Crippen molar-refractivity contribution in [1.82, 2.24) is 14.9 Å². The summed E-state index contributed by atoms with van der Waals surface area (Å²) in [6.07, 6.45) is 2.97. The Bertz CT molecular complexity index is 788. The number of Topliss-reactive ketones (excluding diaryl/α,β-unsaturated/α-hetero) is 1. The van der Waals surface area contributed by atoms with Crippen LogP contribution in [0, 0.1) is 0 Å². The number of benzene rings is 1. The second kappa shape index (κ2) is 9.20. The Kier molecular flexibility index (Phi) is 6.45. The van der Waals surface area contributed by atoms with Crippen molar-refractivity contribution < 1.29 is 14.3 Å². The smallest absolute Gasteiger partial charge is 0.275 e. The standard InChI is InChI=1S/C19H23N5O3/c1-14(25)15-3-2-4-16(11-15)23-19(26)17-12-22-18(13-21-17)20-5-6-24-7-9-27-10-8-24/h2-4,11-13H,5-10H2,1H3,(H,20,22)(H,23,26). The summed E-state index contributed by atoms with van der Waals surface area (Å²) in [7, 11) is 0. The van der Waals surface area contributed by atoms with Gasteiger partial charge < -0.3 is 15.4 Å². The van der Waals surface area contributed by atoms with Crippen LogP contribution in [-0.2, 0) is 4.74 Å². The molecule has 1 aromatic heterocycles. The van der Waals surface area contributed by atoms with Crippen LogP contribution >= 0.6 is 0 Å². The maximum Gasteiger partial charge on any atom is 0.275 e. The van der Waals surface area contributed by atoms with Gasteiger partial charge >= 0.3 is 0 Å². The molecule has 1 aliphatic heterocycles. The Balaban J connectivity index is 1.51. The first-order chi connectivity index (χ1) is 13.1.